The van der Waals surface area contributed by atoms with Crippen LogP contribution < -0.4 is 5.32 Å². The molecular formula is C6H13N3. The monoisotopic (exact) mass is 127 g/mol. The first kappa shape index (κ1) is 8.34. The Hall–Kier alpha value is -0.660. The standard InChI is InChI=1S/C6H13N3/c1-7-4-3-5-9-6-8-2/h7H,3-5H2,1-2H3. The first-order valence-corrected chi connectivity index (χ1v) is 3.06. The smallest absolute Gasteiger partial charge is 0.0889 e. The highest BCUT2D eigenvalue weighted by atomic mass is 14.8. The van der Waals surface area contributed by atoms with Gasteiger partial charge in [-0.2, -0.15) is 0 Å². The van der Waals surface area contributed by atoms with Crippen molar-refractivity contribution in [1.29, 1.82) is 0 Å². The summed E-state index contributed by atoms with van der Waals surface area (Å²) in [6.45, 7) is 1.83. The first-order chi connectivity index (χ1) is 4.41. The maximum atomic E-state index is 3.87. The number of hydrogen-bond donors (Lipinski definition) is 1. The fourth-order valence-corrected chi connectivity index (χ4v) is 0.456. The number of nitrogens with one attached hydrogen (secondary N) is 1. The van der Waals surface area contributed by atoms with Gasteiger partial charge in [0.25, 0.3) is 0 Å². The quantitative estimate of drug-likeness (QED) is 0.430. The molecule has 0 aromatic heterocycles. The van der Waals surface area contributed by atoms with Crippen LogP contribution in [-0.2, 0) is 0 Å². The van der Waals surface area contributed by atoms with E-state index in [0.29, 0.717) is 0 Å². The van der Waals surface area contributed by atoms with Crippen LogP contribution in [0.5, 0.6) is 0 Å². The molecule has 9 heavy (non-hydrogen) atoms. The molecule has 0 rings (SSSR count). The lowest BCUT2D eigenvalue weighted by molar-refractivity contribution is 0.735. The maximum Gasteiger partial charge on any atom is 0.0889 e. The normalized spacial score (nSPS) is 8.22. The van der Waals surface area contributed by atoms with Crippen molar-refractivity contribution < 1.29 is 0 Å². The molecule has 0 heterocycles. The Morgan fingerprint density at radius 2 is 2.33 bits per heavy atom. The summed E-state index contributed by atoms with van der Waals surface area (Å²) in [5.41, 5.74) is 0. The molecule has 1 N–H and O–H groups in total. The van der Waals surface area contributed by atoms with E-state index < -0.39 is 0 Å². The molecule has 52 valence electrons. The second-order valence-electron chi connectivity index (χ2n) is 1.66. The van der Waals surface area contributed by atoms with Gasteiger partial charge in [0, 0.05) is 7.05 Å². The minimum atomic E-state index is 0.818. The Morgan fingerprint density at radius 3 is 2.89 bits per heavy atom. The zero-order valence-electron chi connectivity index (χ0n) is 6.02. The van der Waals surface area contributed by atoms with Crippen molar-refractivity contribution in [3.8, 4) is 0 Å². The molecule has 0 fully saturated rings. The minimum Gasteiger partial charge on any atom is -0.320 e. The average Bonchev–Trinajstić information content (AvgIpc) is 1.89. The fraction of sp³-hybridized carbons (Fsp3) is 0.833. The predicted octanol–water partition coefficient (Wildman–Crippen LogP) is 0.400. The molecule has 0 atom stereocenters. The molecule has 0 bridgehead atoms. The SMILES string of the molecule is CN=C=NCCCNC. The highest BCUT2D eigenvalue weighted by molar-refractivity contribution is 5.40. The summed E-state index contributed by atoms with van der Waals surface area (Å²) in [6, 6.07) is 2.53. The minimum absolute atomic E-state index is 0.818. The van der Waals surface area contributed by atoms with Gasteiger partial charge in [0.1, 0.15) is 0 Å². The van der Waals surface area contributed by atoms with Crippen LogP contribution in [0.3, 0.4) is 0 Å². The van der Waals surface area contributed by atoms with E-state index in [2.05, 4.69) is 21.3 Å². The molecule has 0 radical (unpaired) electrons. The van der Waals surface area contributed by atoms with Crippen LogP contribution in [0.15, 0.2) is 9.98 Å². The van der Waals surface area contributed by atoms with Crippen molar-refractivity contribution in [3.05, 3.63) is 0 Å². The van der Waals surface area contributed by atoms with E-state index >= 15 is 0 Å². The van der Waals surface area contributed by atoms with Gasteiger partial charge in [0.05, 0.1) is 12.6 Å². The van der Waals surface area contributed by atoms with Crippen LogP contribution >= 0.6 is 0 Å². The molecule has 0 aromatic carbocycles. The Balaban J connectivity index is 3.00. The van der Waals surface area contributed by atoms with Crippen LogP contribution in [0, 0.1) is 0 Å². The second-order valence-corrected chi connectivity index (χ2v) is 1.66. The van der Waals surface area contributed by atoms with Crippen LogP contribution in [0.1, 0.15) is 6.42 Å². The summed E-state index contributed by atoms with van der Waals surface area (Å²) in [6.07, 6.45) is 1.05. The van der Waals surface area contributed by atoms with Gasteiger partial charge in [-0.3, -0.25) is 0 Å². The van der Waals surface area contributed by atoms with E-state index in [1.54, 1.807) is 7.05 Å². The molecular weight excluding hydrogens is 114 g/mol. The largest absolute Gasteiger partial charge is 0.320 e. The Kier molecular flexibility index (Phi) is 6.80. The number of aliphatic imine (C=N–C) groups is 2. The molecule has 0 saturated heterocycles. The van der Waals surface area contributed by atoms with Crippen LogP contribution in [0.25, 0.3) is 0 Å². The van der Waals surface area contributed by atoms with E-state index in [9.17, 15) is 0 Å². The molecule has 0 spiro atoms. The fourth-order valence-electron chi connectivity index (χ4n) is 0.456. The predicted molar refractivity (Wildman–Crippen MR) is 39.2 cm³/mol. The average molecular weight is 127 g/mol. The lowest BCUT2D eigenvalue weighted by Crippen LogP contribution is -2.08. The molecule has 0 amide bonds. The Bertz CT molecular complexity index is 103. The zero-order valence-corrected chi connectivity index (χ0v) is 6.02. The number of rotatable bonds is 4. The summed E-state index contributed by atoms with van der Waals surface area (Å²) < 4.78 is 0. The van der Waals surface area contributed by atoms with E-state index in [1.165, 1.54) is 0 Å². The van der Waals surface area contributed by atoms with Crippen LogP contribution in [-0.4, -0.2) is 33.2 Å². The van der Waals surface area contributed by atoms with Gasteiger partial charge in [-0.25, -0.2) is 9.98 Å². The summed E-state index contributed by atoms with van der Waals surface area (Å²) in [7, 11) is 3.60. The Morgan fingerprint density at radius 1 is 1.56 bits per heavy atom. The van der Waals surface area contributed by atoms with Gasteiger partial charge < -0.3 is 5.32 Å². The first-order valence-electron chi connectivity index (χ1n) is 3.06. The third-order valence-electron chi connectivity index (χ3n) is 0.867. The molecule has 0 aliphatic rings. The van der Waals surface area contributed by atoms with Gasteiger partial charge in [-0.1, -0.05) is 0 Å². The van der Waals surface area contributed by atoms with Gasteiger partial charge in [-0.05, 0) is 20.0 Å². The third-order valence-corrected chi connectivity index (χ3v) is 0.867. The maximum absolute atomic E-state index is 3.87. The van der Waals surface area contributed by atoms with Crippen molar-refractivity contribution in [2.75, 3.05) is 27.2 Å². The second kappa shape index (κ2) is 7.34. The Labute approximate surface area is 55.9 Å². The van der Waals surface area contributed by atoms with E-state index in [0.717, 1.165) is 19.5 Å². The lowest BCUT2D eigenvalue weighted by Gasteiger charge is -1.90. The molecule has 3 nitrogen and oxygen atoms in total. The van der Waals surface area contributed by atoms with Crippen LogP contribution in [0.2, 0.25) is 0 Å². The van der Waals surface area contributed by atoms with E-state index in [1.807, 2.05) is 7.05 Å². The molecule has 0 unspecified atom stereocenters. The van der Waals surface area contributed by atoms with Gasteiger partial charge in [-0.15, -0.1) is 0 Å². The van der Waals surface area contributed by atoms with Gasteiger partial charge in [0.15, 0.2) is 0 Å². The highest BCUT2D eigenvalue weighted by Crippen LogP contribution is 1.74. The summed E-state index contributed by atoms with van der Waals surface area (Å²) in [5.74, 6) is 0. The van der Waals surface area contributed by atoms with Crippen molar-refractivity contribution in [3.63, 3.8) is 0 Å². The van der Waals surface area contributed by atoms with Gasteiger partial charge >= 0.3 is 0 Å². The van der Waals surface area contributed by atoms with Crippen molar-refractivity contribution in [2.45, 2.75) is 6.42 Å². The number of nitrogens with zero attached hydrogens (tertiary/aromatic N) is 2. The van der Waals surface area contributed by atoms with E-state index in [-0.39, 0.29) is 0 Å². The molecule has 0 aliphatic heterocycles. The van der Waals surface area contributed by atoms with Crippen molar-refractivity contribution in [2.24, 2.45) is 9.98 Å². The highest BCUT2D eigenvalue weighted by Gasteiger charge is 1.78. The van der Waals surface area contributed by atoms with Gasteiger partial charge in [0.2, 0.25) is 0 Å². The lowest BCUT2D eigenvalue weighted by atomic mass is 10.4. The topological polar surface area (TPSA) is 36.8 Å². The third kappa shape index (κ3) is 7.34. The molecule has 0 saturated carbocycles. The van der Waals surface area contributed by atoms with Crippen molar-refractivity contribution >= 4 is 6.01 Å². The zero-order chi connectivity index (χ0) is 6.95. The summed E-state index contributed by atoms with van der Waals surface area (Å²) in [5, 5.41) is 3.03. The molecule has 3 heteroatoms. The number of hydrogen-bond acceptors (Lipinski definition) is 3. The van der Waals surface area contributed by atoms with Crippen LogP contribution in [0.4, 0.5) is 0 Å². The summed E-state index contributed by atoms with van der Waals surface area (Å²) in [4.78, 5) is 7.47. The van der Waals surface area contributed by atoms with Crippen molar-refractivity contribution in [1.82, 2.24) is 5.32 Å². The molecule has 0 aromatic rings. The van der Waals surface area contributed by atoms with E-state index in [4.69, 9.17) is 0 Å². The summed E-state index contributed by atoms with van der Waals surface area (Å²) >= 11 is 0. The molecule has 0 aliphatic carbocycles.